The first-order chi connectivity index (χ1) is 14.8. The summed E-state index contributed by atoms with van der Waals surface area (Å²) in [6.07, 6.45) is 2.37. The molecule has 1 saturated heterocycles. The number of hydrogen-bond acceptors (Lipinski definition) is 5. The molecular formula is C24H22BrNO5. The van der Waals surface area contributed by atoms with Gasteiger partial charge in [0.15, 0.2) is 12.4 Å². The van der Waals surface area contributed by atoms with Crippen molar-refractivity contribution in [1.82, 2.24) is 0 Å². The van der Waals surface area contributed by atoms with E-state index in [0.717, 1.165) is 10.9 Å². The number of imide groups is 1. The quantitative estimate of drug-likeness (QED) is 0.357. The Morgan fingerprint density at radius 3 is 2.45 bits per heavy atom. The number of hydrogen-bond donors (Lipinski definition) is 0. The molecule has 2 fully saturated rings. The summed E-state index contributed by atoms with van der Waals surface area (Å²) in [7, 11) is 0. The minimum atomic E-state index is -0.683. The Bertz CT molecular complexity index is 1050. The molecule has 2 amide bonds. The second kappa shape index (κ2) is 8.75. The second-order valence-electron chi connectivity index (χ2n) is 8.20. The van der Waals surface area contributed by atoms with Gasteiger partial charge in [-0.15, -0.1) is 0 Å². The van der Waals surface area contributed by atoms with E-state index in [1.165, 1.54) is 17.0 Å². The number of ketones is 1. The fourth-order valence-corrected chi connectivity index (χ4v) is 4.61. The maximum atomic E-state index is 12.9. The van der Waals surface area contributed by atoms with E-state index in [1.807, 2.05) is 0 Å². The van der Waals surface area contributed by atoms with Crippen LogP contribution in [0, 0.1) is 17.8 Å². The zero-order chi connectivity index (χ0) is 22.1. The van der Waals surface area contributed by atoms with Crippen LogP contribution in [0.5, 0.6) is 0 Å². The lowest BCUT2D eigenvalue weighted by molar-refractivity contribution is -0.122. The van der Waals surface area contributed by atoms with Crippen molar-refractivity contribution in [3.05, 3.63) is 64.1 Å². The summed E-state index contributed by atoms with van der Waals surface area (Å²) in [5.74, 6) is -1.53. The van der Waals surface area contributed by atoms with E-state index in [2.05, 4.69) is 22.9 Å². The summed E-state index contributed by atoms with van der Waals surface area (Å²) in [6, 6.07) is 13.0. The molecule has 0 aromatic heterocycles. The smallest absolute Gasteiger partial charge is 0.338 e. The van der Waals surface area contributed by atoms with Crippen LogP contribution in [0.3, 0.4) is 0 Å². The van der Waals surface area contributed by atoms with Crippen LogP contribution in [0.25, 0.3) is 0 Å². The van der Waals surface area contributed by atoms with E-state index in [-0.39, 0.29) is 35.0 Å². The normalized spacial score (nSPS) is 22.9. The summed E-state index contributed by atoms with van der Waals surface area (Å²) < 4.78 is 6.01. The minimum absolute atomic E-state index is 0.185. The molecule has 31 heavy (non-hydrogen) atoms. The molecule has 0 bridgehead atoms. The number of anilines is 1. The Kier molecular flexibility index (Phi) is 6.05. The van der Waals surface area contributed by atoms with Crippen molar-refractivity contribution in [2.24, 2.45) is 17.8 Å². The van der Waals surface area contributed by atoms with E-state index in [0.29, 0.717) is 30.0 Å². The monoisotopic (exact) mass is 483 g/mol. The molecule has 160 valence electrons. The Hall–Kier alpha value is -2.80. The predicted molar refractivity (Wildman–Crippen MR) is 118 cm³/mol. The molecule has 0 spiro atoms. The van der Waals surface area contributed by atoms with E-state index < -0.39 is 12.6 Å². The summed E-state index contributed by atoms with van der Waals surface area (Å²) >= 11 is 3.30. The molecular weight excluding hydrogens is 462 g/mol. The molecule has 0 unspecified atom stereocenters. The highest BCUT2D eigenvalue weighted by Crippen LogP contribution is 2.42. The van der Waals surface area contributed by atoms with Crippen LogP contribution in [0.4, 0.5) is 5.69 Å². The van der Waals surface area contributed by atoms with Crippen molar-refractivity contribution < 1.29 is 23.9 Å². The SMILES string of the molecule is C[C@H]1CC[C@@H]2C(=O)N(c3cccc(C(=O)OCC(=O)c4ccc(Br)cc4)c3)C(=O)[C@@H]2C1. The lowest BCUT2D eigenvalue weighted by atomic mass is 9.76. The predicted octanol–water partition coefficient (Wildman–Crippen LogP) is 4.41. The van der Waals surface area contributed by atoms with Crippen molar-refractivity contribution in [3.63, 3.8) is 0 Å². The highest BCUT2D eigenvalue weighted by Gasteiger charge is 2.50. The van der Waals surface area contributed by atoms with Gasteiger partial charge in [0.05, 0.1) is 23.1 Å². The molecule has 2 aliphatic rings. The Balaban J connectivity index is 1.46. The van der Waals surface area contributed by atoms with Gasteiger partial charge < -0.3 is 4.74 Å². The largest absolute Gasteiger partial charge is 0.454 e. The highest BCUT2D eigenvalue weighted by atomic mass is 79.9. The number of fused-ring (bicyclic) bond motifs is 1. The fourth-order valence-electron chi connectivity index (χ4n) is 4.35. The molecule has 4 rings (SSSR count). The van der Waals surface area contributed by atoms with Gasteiger partial charge in [-0.05, 0) is 55.5 Å². The van der Waals surface area contributed by atoms with Crippen molar-refractivity contribution in [3.8, 4) is 0 Å². The summed E-state index contributed by atoms with van der Waals surface area (Å²) in [5.41, 5.74) is 0.991. The number of carbonyl (C=O) groups is 4. The molecule has 0 N–H and O–H groups in total. The number of rotatable bonds is 5. The van der Waals surface area contributed by atoms with Gasteiger partial charge in [0.25, 0.3) is 0 Å². The van der Waals surface area contributed by atoms with Gasteiger partial charge in [-0.3, -0.25) is 19.3 Å². The van der Waals surface area contributed by atoms with Gasteiger partial charge in [0, 0.05) is 10.0 Å². The van der Waals surface area contributed by atoms with Gasteiger partial charge in [0.2, 0.25) is 11.8 Å². The van der Waals surface area contributed by atoms with Gasteiger partial charge in [0.1, 0.15) is 0 Å². The zero-order valence-electron chi connectivity index (χ0n) is 17.0. The van der Waals surface area contributed by atoms with E-state index in [1.54, 1.807) is 36.4 Å². The first-order valence-electron chi connectivity index (χ1n) is 10.3. The second-order valence-corrected chi connectivity index (χ2v) is 9.12. The molecule has 1 saturated carbocycles. The van der Waals surface area contributed by atoms with Gasteiger partial charge in [-0.2, -0.15) is 0 Å². The van der Waals surface area contributed by atoms with Crippen LogP contribution in [-0.4, -0.2) is 30.2 Å². The lowest BCUT2D eigenvalue weighted by Gasteiger charge is -2.25. The molecule has 1 aliphatic heterocycles. The third kappa shape index (κ3) is 4.32. The topological polar surface area (TPSA) is 80.8 Å². The van der Waals surface area contributed by atoms with Crippen molar-refractivity contribution in [2.75, 3.05) is 11.5 Å². The zero-order valence-corrected chi connectivity index (χ0v) is 18.6. The number of benzene rings is 2. The molecule has 2 aromatic carbocycles. The number of Topliss-reactive ketones (excluding diaryl/α,β-unsaturated/α-hetero) is 1. The molecule has 6 nitrogen and oxygen atoms in total. The van der Waals surface area contributed by atoms with E-state index in [9.17, 15) is 19.2 Å². The maximum absolute atomic E-state index is 12.9. The average molecular weight is 484 g/mol. The molecule has 2 aromatic rings. The Morgan fingerprint density at radius 1 is 1.00 bits per heavy atom. The number of amides is 2. The third-order valence-electron chi connectivity index (χ3n) is 6.03. The fraction of sp³-hybridized carbons (Fsp3) is 0.333. The summed E-state index contributed by atoms with van der Waals surface area (Å²) in [6.45, 7) is 1.71. The number of carbonyl (C=O) groups excluding carboxylic acids is 4. The van der Waals surface area contributed by atoms with E-state index in [4.69, 9.17) is 4.74 Å². The first-order valence-corrected chi connectivity index (χ1v) is 11.1. The maximum Gasteiger partial charge on any atom is 0.338 e. The summed E-state index contributed by atoms with van der Waals surface area (Å²) in [5, 5.41) is 0. The van der Waals surface area contributed by atoms with Crippen LogP contribution in [-0.2, 0) is 14.3 Å². The van der Waals surface area contributed by atoms with Crippen molar-refractivity contribution in [1.29, 1.82) is 0 Å². The van der Waals surface area contributed by atoms with Gasteiger partial charge in [-0.1, -0.05) is 41.1 Å². The summed E-state index contributed by atoms with van der Waals surface area (Å²) in [4.78, 5) is 51.7. The van der Waals surface area contributed by atoms with E-state index >= 15 is 0 Å². The Labute approximate surface area is 188 Å². The third-order valence-corrected chi connectivity index (χ3v) is 6.56. The number of halogens is 1. The standard InChI is InChI=1S/C24H22BrNO5/c1-14-5-10-19-20(11-14)23(29)26(22(19)28)18-4-2-3-16(12-18)24(30)31-13-21(27)15-6-8-17(25)9-7-15/h2-4,6-9,12,14,19-20H,5,10-11,13H2,1H3/t14-,19-,20+/m0/s1. The number of esters is 1. The van der Waals surface area contributed by atoms with Crippen LogP contribution in [0.15, 0.2) is 53.0 Å². The molecule has 3 atom stereocenters. The molecule has 0 radical (unpaired) electrons. The minimum Gasteiger partial charge on any atom is -0.454 e. The first kappa shape index (κ1) is 21.4. The van der Waals surface area contributed by atoms with Crippen LogP contribution < -0.4 is 4.90 Å². The van der Waals surface area contributed by atoms with Gasteiger partial charge >= 0.3 is 5.97 Å². The highest BCUT2D eigenvalue weighted by molar-refractivity contribution is 9.10. The Morgan fingerprint density at radius 2 is 1.71 bits per heavy atom. The number of ether oxygens (including phenoxy) is 1. The van der Waals surface area contributed by atoms with Crippen molar-refractivity contribution in [2.45, 2.75) is 26.2 Å². The van der Waals surface area contributed by atoms with Crippen LogP contribution >= 0.6 is 15.9 Å². The molecule has 7 heteroatoms. The molecule has 1 aliphatic carbocycles. The number of nitrogens with zero attached hydrogens (tertiary/aromatic N) is 1. The van der Waals surface area contributed by atoms with Crippen LogP contribution in [0.2, 0.25) is 0 Å². The lowest BCUT2D eigenvalue weighted by Crippen LogP contribution is -2.31. The molecule has 1 heterocycles. The van der Waals surface area contributed by atoms with Gasteiger partial charge in [-0.25, -0.2) is 4.79 Å². The average Bonchev–Trinajstić information content (AvgIpc) is 3.01. The van der Waals surface area contributed by atoms with Crippen LogP contribution in [0.1, 0.15) is 46.9 Å². The van der Waals surface area contributed by atoms with Crippen molar-refractivity contribution >= 4 is 45.2 Å².